The van der Waals surface area contributed by atoms with Crippen molar-refractivity contribution in [1.82, 2.24) is 5.32 Å². The molecule has 0 aromatic heterocycles. The van der Waals surface area contributed by atoms with Gasteiger partial charge in [-0.15, -0.1) is 0 Å². The lowest BCUT2D eigenvalue weighted by Crippen LogP contribution is -2.58. The molecule has 3 heteroatoms. The fraction of sp³-hybridized carbons (Fsp3) is 0.944. The Kier molecular flexibility index (Phi) is 4.06. The molecule has 4 fully saturated rings. The molecule has 4 aliphatic rings. The molecule has 3 nitrogen and oxygen atoms in total. The van der Waals surface area contributed by atoms with Gasteiger partial charge in [-0.2, -0.15) is 0 Å². The van der Waals surface area contributed by atoms with Crippen molar-refractivity contribution in [3.63, 3.8) is 0 Å². The van der Waals surface area contributed by atoms with Crippen molar-refractivity contribution in [2.75, 3.05) is 0 Å². The van der Waals surface area contributed by atoms with Crippen LogP contribution in [0.1, 0.15) is 65.7 Å². The fourth-order valence-corrected chi connectivity index (χ4v) is 5.68. The van der Waals surface area contributed by atoms with E-state index in [0.717, 1.165) is 24.2 Å². The van der Waals surface area contributed by atoms with Crippen molar-refractivity contribution in [1.29, 1.82) is 0 Å². The van der Waals surface area contributed by atoms with E-state index in [1.54, 1.807) is 0 Å². The first kappa shape index (κ1) is 15.3. The highest BCUT2D eigenvalue weighted by atomic mass is 16.2. The number of carbonyl (C=O) groups excluding carboxylic acids is 1. The lowest BCUT2D eigenvalue weighted by atomic mass is 9.48. The minimum Gasteiger partial charge on any atom is -0.352 e. The fourth-order valence-electron chi connectivity index (χ4n) is 5.68. The molecule has 1 unspecified atom stereocenters. The Bertz CT molecular complexity index is 371. The molecule has 120 valence electrons. The van der Waals surface area contributed by atoms with Crippen LogP contribution in [-0.2, 0) is 4.79 Å². The maximum Gasteiger partial charge on any atom is 0.237 e. The first-order chi connectivity index (χ1) is 9.93. The van der Waals surface area contributed by atoms with Gasteiger partial charge in [-0.3, -0.25) is 4.79 Å². The van der Waals surface area contributed by atoms with Crippen molar-refractivity contribution < 1.29 is 4.79 Å². The SMILES string of the molecule is CC[C@H](C)[C@H](N)C(=O)NC(C)C12CC3CC(CC(C3)C1)C2. The van der Waals surface area contributed by atoms with Crippen LogP contribution in [0.15, 0.2) is 0 Å². The molecule has 0 saturated heterocycles. The third kappa shape index (κ3) is 2.74. The van der Waals surface area contributed by atoms with Crippen LogP contribution in [0.5, 0.6) is 0 Å². The summed E-state index contributed by atoms with van der Waals surface area (Å²) in [6.07, 6.45) is 9.31. The van der Waals surface area contributed by atoms with Crippen LogP contribution in [0.2, 0.25) is 0 Å². The van der Waals surface area contributed by atoms with Crippen LogP contribution in [0.25, 0.3) is 0 Å². The zero-order valence-electron chi connectivity index (χ0n) is 13.9. The van der Waals surface area contributed by atoms with Crippen LogP contribution in [-0.4, -0.2) is 18.0 Å². The molecule has 0 aromatic carbocycles. The number of hydrogen-bond donors (Lipinski definition) is 2. The quantitative estimate of drug-likeness (QED) is 0.818. The van der Waals surface area contributed by atoms with E-state index >= 15 is 0 Å². The van der Waals surface area contributed by atoms with Gasteiger partial charge in [-0.1, -0.05) is 20.3 Å². The summed E-state index contributed by atoms with van der Waals surface area (Å²) in [5.74, 6) is 3.11. The molecule has 1 amide bonds. The number of amides is 1. The average Bonchev–Trinajstić information content (AvgIpc) is 2.44. The summed E-state index contributed by atoms with van der Waals surface area (Å²) in [5.41, 5.74) is 6.47. The molecular formula is C18H32N2O. The second-order valence-corrected chi connectivity index (χ2v) is 8.42. The molecule has 21 heavy (non-hydrogen) atoms. The van der Waals surface area contributed by atoms with Gasteiger partial charge >= 0.3 is 0 Å². The molecule has 0 aromatic rings. The van der Waals surface area contributed by atoms with Crippen LogP contribution >= 0.6 is 0 Å². The lowest BCUT2D eigenvalue weighted by molar-refractivity contribution is -0.128. The third-order valence-corrected chi connectivity index (χ3v) is 6.92. The van der Waals surface area contributed by atoms with Gasteiger partial charge in [0.15, 0.2) is 0 Å². The Balaban J connectivity index is 1.65. The molecule has 4 saturated carbocycles. The maximum atomic E-state index is 12.4. The predicted molar refractivity (Wildman–Crippen MR) is 85.6 cm³/mol. The van der Waals surface area contributed by atoms with Gasteiger partial charge in [-0.25, -0.2) is 0 Å². The minimum atomic E-state index is -0.355. The first-order valence-electron chi connectivity index (χ1n) is 8.99. The van der Waals surface area contributed by atoms with Gasteiger partial charge in [-0.05, 0) is 74.5 Å². The first-order valence-corrected chi connectivity index (χ1v) is 8.99. The van der Waals surface area contributed by atoms with Crippen molar-refractivity contribution in [2.24, 2.45) is 34.8 Å². The molecule has 4 rings (SSSR count). The molecule has 0 aliphatic heterocycles. The maximum absolute atomic E-state index is 12.4. The summed E-state index contributed by atoms with van der Waals surface area (Å²) in [5, 5.41) is 3.29. The van der Waals surface area contributed by atoms with E-state index in [2.05, 4.69) is 26.1 Å². The summed E-state index contributed by atoms with van der Waals surface area (Å²) in [6.45, 7) is 6.40. The van der Waals surface area contributed by atoms with E-state index in [1.165, 1.54) is 38.5 Å². The highest BCUT2D eigenvalue weighted by Crippen LogP contribution is 2.61. The largest absolute Gasteiger partial charge is 0.352 e. The number of nitrogens with two attached hydrogens (primary N) is 1. The molecule has 3 atom stereocenters. The van der Waals surface area contributed by atoms with Gasteiger partial charge in [0.05, 0.1) is 6.04 Å². The van der Waals surface area contributed by atoms with Crippen LogP contribution in [0.3, 0.4) is 0 Å². The summed E-state index contributed by atoms with van der Waals surface area (Å²) in [4.78, 5) is 12.4. The van der Waals surface area contributed by atoms with Crippen LogP contribution in [0, 0.1) is 29.1 Å². The Labute approximate surface area is 129 Å². The zero-order chi connectivity index (χ0) is 15.2. The summed E-state index contributed by atoms with van der Waals surface area (Å²) >= 11 is 0. The minimum absolute atomic E-state index is 0.0626. The normalized spacial score (nSPS) is 41.6. The summed E-state index contributed by atoms with van der Waals surface area (Å²) in [6, 6.07) is -0.0696. The Morgan fingerprint density at radius 2 is 1.62 bits per heavy atom. The van der Waals surface area contributed by atoms with Gasteiger partial charge in [0, 0.05) is 6.04 Å². The van der Waals surface area contributed by atoms with Gasteiger partial charge in [0.25, 0.3) is 0 Å². The van der Waals surface area contributed by atoms with E-state index in [0.29, 0.717) is 5.41 Å². The van der Waals surface area contributed by atoms with E-state index in [4.69, 9.17) is 5.73 Å². The zero-order valence-corrected chi connectivity index (χ0v) is 13.9. The number of carbonyl (C=O) groups is 1. The van der Waals surface area contributed by atoms with E-state index in [-0.39, 0.29) is 23.9 Å². The highest BCUT2D eigenvalue weighted by Gasteiger charge is 2.53. The predicted octanol–water partition coefficient (Wildman–Crippen LogP) is 3.08. The molecule has 4 aliphatic carbocycles. The number of rotatable bonds is 5. The van der Waals surface area contributed by atoms with Crippen molar-refractivity contribution >= 4 is 5.91 Å². The Hall–Kier alpha value is -0.570. The Morgan fingerprint density at radius 1 is 1.14 bits per heavy atom. The van der Waals surface area contributed by atoms with Gasteiger partial charge in [0.2, 0.25) is 5.91 Å². The average molecular weight is 292 g/mol. The topological polar surface area (TPSA) is 55.1 Å². The molecule has 0 heterocycles. The van der Waals surface area contributed by atoms with Crippen LogP contribution in [0.4, 0.5) is 0 Å². The van der Waals surface area contributed by atoms with E-state index in [1.807, 2.05) is 0 Å². The van der Waals surface area contributed by atoms with Crippen molar-refractivity contribution in [3.05, 3.63) is 0 Å². The smallest absolute Gasteiger partial charge is 0.237 e. The third-order valence-electron chi connectivity index (χ3n) is 6.92. The monoisotopic (exact) mass is 292 g/mol. The van der Waals surface area contributed by atoms with E-state index < -0.39 is 0 Å². The van der Waals surface area contributed by atoms with Gasteiger partial charge in [0.1, 0.15) is 0 Å². The number of hydrogen-bond acceptors (Lipinski definition) is 2. The summed E-state index contributed by atoms with van der Waals surface area (Å²) in [7, 11) is 0. The second-order valence-electron chi connectivity index (χ2n) is 8.42. The van der Waals surface area contributed by atoms with Crippen LogP contribution < -0.4 is 11.1 Å². The molecular weight excluding hydrogens is 260 g/mol. The lowest BCUT2D eigenvalue weighted by Gasteiger charge is -2.59. The Morgan fingerprint density at radius 3 is 2.05 bits per heavy atom. The standard InChI is InChI=1S/C18H32N2O/c1-4-11(2)16(19)17(21)20-12(3)18-8-13-5-14(9-18)7-15(6-13)10-18/h11-16H,4-10,19H2,1-3H3,(H,20,21)/t11-,12?,13?,14?,15?,16-,18?/m0/s1. The second kappa shape index (κ2) is 5.57. The highest BCUT2D eigenvalue weighted by molar-refractivity contribution is 5.82. The number of nitrogens with one attached hydrogen (secondary N) is 1. The van der Waals surface area contributed by atoms with E-state index in [9.17, 15) is 4.79 Å². The molecule has 3 N–H and O–H groups in total. The van der Waals surface area contributed by atoms with Gasteiger partial charge < -0.3 is 11.1 Å². The summed E-state index contributed by atoms with van der Waals surface area (Å²) < 4.78 is 0. The molecule has 0 spiro atoms. The molecule has 4 bridgehead atoms. The van der Waals surface area contributed by atoms with Crippen molar-refractivity contribution in [3.8, 4) is 0 Å². The molecule has 0 radical (unpaired) electrons. The van der Waals surface area contributed by atoms with Crippen molar-refractivity contribution in [2.45, 2.75) is 77.8 Å².